The number of halogens is 7. The lowest BCUT2D eigenvalue weighted by Crippen LogP contribution is -2.44. The van der Waals surface area contributed by atoms with E-state index in [0.717, 1.165) is 30.3 Å². The lowest BCUT2D eigenvalue weighted by Gasteiger charge is -2.20. The first-order valence-corrected chi connectivity index (χ1v) is 42.1. The van der Waals surface area contributed by atoms with Crippen LogP contribution in [-0.4, -0.2) is 178 Å². The molecule has 0 saturated heterocycles. The van der Waals surface area contributed by atoms with Gasteiger partial charge < -0.3 is 93.3 Å². The van der Waals surface area contributed by atoms with E-state index in [1.807, 2.05) is 0 Å². The largest absolute Gasteiger partial charge is 0.505 e. The van der Waals surface area contributed by atoms with Gasteiger partial charge in [0, 0.05) is 123 Å². The molecule has 14 rings (SSSR count). The number of unbranched alkanes of at least 4 members (excludes halogenated alkanes) is 1. The van der Waals surface area contributed by atoms with Crippen molar-refractivity contribution in [2.45, 2.75) is 93.9 Å². The number of amides is 5. The van der Waals surface area contributed by atoms with E-state index in [9.17, 15) is 125 Å². The van der Waals surface area contributed by atoms with Crippen molar-refractivity contribution < 1.29 is 128 Å². The molecule has 716 valence electrons. The van der Waals surface area contributed by atoms with Gasteiger partial charge in [0.2, 0.25) is 34.6 Å². The number of thioether (sulfide) groups is 1. The van der Waals surface area contributed by atoms with Crippen LogP contribution in [0, 0.1) is 40.7 Å². The Hall–Kier alpha value is -17.8. The number of anilines is 4. The van der Waals surface area contributed by atoms with Crippen LogP contribution in [0.1, 0.15) is 121 Å². The summed E-state index contributed by atoms with van der Waals surface area (Å²) in [5, 5.41) is 86.6. The highest BCUT2D eigenvalue weighted by atomic mass is 32.2. The van der Waals surface area contributed by atoms with Crippen LogP contribution in [0.15, 0.2) is 161 Å². The normalized spacial score (nSPS) is 11.9. The van der Waals surface area contributed by atoms with Gasteiger partial charge in [-0.1, -0.05) is 0 Å². The van der Waals surface area contributed by atoms with Crippen molar-refractivity contribution in [1.29, 1.82) is 0 Å². The SMILES string of the molecule is Nc1nc2ncc(CNc3ccc(C(=O)NC(CCC(=O)NC(CCCCNC(=O)CSc4c(F)c(F)c(C(=O)O)c(-c5c6cc(F)c(=O)cc-6oc6cc(O)c(F)cc56)c4F)C(=O)O)C(=O)O)cc3)nc2c(=O)[nH]1.Nc1nc2ncc(CNc3ccc(C(=O)N[C@@H](CCC(=O)CCCNC(=O)c4ccc(C(=O)O)c(-c5c6cc(F)c(=O)cc-6oc6cc(O)c(F)cc56)c4)C(=O)O)cc3)nc2c(=O)[nH]1. The third kappa shape index (κ3) is 23.2. The highest BCUT2D eigenvalue weighted by Crippen LogP contribution is 2.48. The number of nitrogens with two attached hydrogens (primary N) is 2. The number of fused-ring (bicyclic) bond motifs is 6. The Kier molecular flexibility index (Phi) is 30.2. The van der Waals surface area contributed by atoms with E-state index < -0.39 is 214 Å². The molecule has 2 aliphatic heterocycles. The molecular weight excluding hydrogens is 1870 g/mol. The lowest BCUT2D eigenvalue weighted by molar-refractivity contribution is -0.142. The first-order chi connectivity index (χ1) is 66.2. The number of ketones is 1. The summed E-state index contributed by atoms with van der Waals surface area (Å²) in [5.41, 5.74) is 4.22. The van der Waals surface area contributed by atoms with Gasteiger partial charge in [-0.2, -0.15) is 9.97 Å². The maximum atomic E-state index is 16.5. The molecule has 0 radical (unpaired) electrons. The van der Waals surface area contributed by atoms with Gasteiger partial charge in [-0.05, 0) is 135 Å². The molecule has 4 aliphatic rings. The Morgan fingerprint density at radius 2 is 0.921 bits per heavy atom. The highest BCUT2D eigenvalue weighted by molar-refractivity contribution is 8.00. The van der Waals surface area contributed by atoms with Crippen LogP contribution < -0.4 is 70.7 Å². The molecule has 2 aliphatic carbocycles. The molecule has 49 heteroatoms. The van der Waals surface area contributed by atoms with Crippen LogP contribution >= 0.6 is 11.8 Å². The van der Waals surface area contributed by atoms with Gasteiger partial charge in [0.1, 0.15) is 58.0 Å². The van der Waals surface area contributed by atoms with Crippen LogP contribution in [0.4, 0.5) is 54.0 Å². The molecule has 41 nitrogen and oxygen atoms in total. The molecule has 2 unspecified atom stereocenters. The van der Waals surface area contributed by atoms with E-state index in [1.165, 1.54) is 60.9 Å². The number of H-pyrrole nitrogens is 2. The molecule has 6 aromatic carbocycles. The molecule has 10 aromatic rings. The summed E-state index contributed by atoms with van der Waals surface area (Å²) in [6.45, 7) is 0.0930. The molecule has 139 heavy (non-hydrogen) atoms. The van der Waals surface area contributed by atoms with Gasteiger partial charge in [0.05, 0.1) is 53.1 Å². The maximum absolute atomic E-state index is 16.5. The van der Waals surface area contributed by atoms with Crippen LogP contribution in [-0.2, 0) is 41.9 Å². The minimum Gasteiger partial charge on any atom is -0.505 e. The number of phenols is 2. The second-order valence-corrected chi connectivity index (χ2v) is 31.6. The number of nitrogens with zero attached hydrogens (tertiary/aromatic N) is 6. The molecule has 0 fully saturated rings. The smallest absolute Gasteiger partial charge is 0.339 e. The first-order valence-electron chi connectivity index (χ1n) is 41.2. The molecular formula is C90H72F7N17O24S. The molecule has 3 atom stereocenters. The molecule has 0 bridgehead atoms. The van der Waals surface area contributed by atoms with Crippen molar-refractivity contribution in [1.82, 2.24) is 66.5 Å². The van der Waals surface area contributed by atoms with Crippen molar-refractivity contribution in [3.63, 3.8) is 0 Å². The molecule has 6 heterocycles. The second-order valence-electron chi connectivity index (χ2n) is 30.6. The fraction of sp³-hybridized carbons (Fsp3) is 0.189. The number of aromatic carboxylic acids is 2. The van der Waals surface area contributed by atoms with E-state index >= 15 is 13.2 Å². The number of hydrogen-bond donors (Lipinski definition) is 18. The molecule has 0 spiro atoms. The number of aromatic nitrogens is 8. The zero-order valence-corrected chi connectivity index (χ0v) is 72.0. The first kappa shape index (κ1) is 98.7. The van der Waals surface area contributed by atoms with Gasteiger partial charge in [0.15, 0.2) is 68.7 Å². The number of aliphatic carboxylic acids is 3. The van der Waals surface area contributed by atoms with Crippen molar-refractivity contribution >= 4 is 144 Å². The minimum absolute atomic E-state index is 0.0127. The standard InChI is InChI=1S/C47H38F5N9O13S.C43H34F2N8O11/c48-23-11-21-29(13-27(23)62)74-30-14-28(63)24(49)12-22(30)33(21)34-35(46(72)73)36(50)38(52)40(37(34)51)75-17-32(65)54-10-2-1-3-25(44(68)69)58-31(64)9-8-26(45(70)71)59-42(66)18-4-6-19(7-5-18)55-15-20-16-56-41-39(57-20)43(67)61-47(53)60-41;44-28-13-26-33(15-31(28)55)64-34-16-32(56)29(45)14-27(34)35(26)25-12-20(5-9-24(25)41(60)61)38(57)47-11-1-2-23(54)8-10-30(42(62)63)51-39(58)19-3-6-21(7-4-19)48-17-22-18-49-37-36(50-22)40(59)53-43(46)52-37/h4-7,11-14,16,25-26,55,62H,1-3,8-10,15,17H2,(H,54,65)(H,58,64)(H,59,66)(H,68,69)(H,70,71)(H,72,73)(H3,53,56,60,61,67);3-7,9,12-16,18,30,48,55H,1-2,8,10-11,17H2,(H,47,57)(H,51,58)(H,60,61)(H,62,63)(H3,46,49,52,53,59)/t;30-/m.0/s1. The molecule has 0 saturated carbocycles. The van der Waals surface area contributed by atoms with E-state index in [2.05, 4.69) is 77.1 Å². The number of aromatic hydroxyl groups is 2. The van der Waals surface area contributed by atoms with Crippen LogP contribution in [0.5, 0.6) is 11.5 Å². The van der Waals surface area contributed by atoms with E-state index in [4.69, 9.17) is 20.3 Å². The summed E-state index contributed by atoms with van der Waals surface area (Å²) in [6, 6.07) is 16.6. The minimum atomic E-state index is -2.22. The van der Waals surface area contributed by atoms with E-state index in [1.54, 1.807) is 12.1 Å². The van der Waals surface area contributed by atoms with Crippen molar-refractivity contribution in [3.8, 4) is 56.4 Å². The predicted molar refractivity (Wildman–Crippen MR) is 478 cm³/mol. The topological polar surface area (TPSA) is 669 Å². The number of carboxylic acid groups (broad SMARTS) is 5. The number of nitrogen functional groups attached to an aromatic ring is 2. The average molecular weight is 1940 g/mol. The molecule has 5 amide bonds. The Bertz CT molecular complexity index is 7540. The summed E-state index contributed by atoms with van der Waals surface area (Å²) in [4.78, 5) is 214. The van der Waals surface area contributed by atoms with Crippen molar-refractivity contribution in [2.75, 3.05) is 40.9 Å². The summed E-state index contributed by atoms with van der Waals surface area (Å²) in [5.74, 6) is -26.9. The number of carbonyl (C=O) groups excluding carboxylic acids is 6. The average Bonchev–Trinajstić information content (AvgIpc) is 0.728. The number of carbonyl (C=O) groups is 11. The Balaban J connectivity index is 0.000000237. The number of carboxylic acids is 5. The Labute approximate surface area is 775 Å². The Morgan fingerprint density at radius 1 is 0.446 bits per heavy atom. The molecule has 4 aromatic heterocycles. The van der Waals surface area contributed by atoms with Gasteiger partial charge in [-0.25, -0.2) is 74.6 Å². The van der Waals surface area contributed by atoms with Crippen LogP contribution in [0.25, 0.3) is 89.2 Å². The lowest BCUT2D eigenvalue weighted by atomic mass is 9.89. The molecule has 20 N–H and O–H groups in total. The zero-order chi connectivity index (χ0) is 100. The number of aromatic amines is 2. The second kappa shape index (κ2) is 42.6. The number of hydrogen-bond acceptors (Lipinski definition) is 30. The van der Waals surface area contributed by atoms with Crippen LogP contribution in [0.3, 0.4) is 0 Å². The van der Waals surface area contributed by atoms with E-state index in [-0.39, 0.29) is 179 Å². The van der Waals surface area contributed by atoms with Crippen LogP contribution in [0.2, 0.25) is 0 Å². The number of Topliss-reactive ketones (excluding diaryl/α,β-unsaturated/α-hetero) is 1. The summed E-state index contributed by atoms with van der Waals surface area (Å²) >= 11 is 0.0801. The van der Waals surface area contributed by atoms with E-state index in [0.29, 0.717) is 47.0 Å². The summed E-state index contributed by atoms with van der Waals surface area (Å²) in [6.07, 6.45) is 1.45. The van der Waals surface area contributed by atoms with Crippen molar-refractivity contribution in [2.24, 2.45) is 0 Å². The van der Waals surface area contributed by atoms with Crippen molar-refractivity contribution in [3.05, 3.63) is 249 Å². The predicted octanol–water partition coefficient (Wildman–Crippen LogP) is 8.71. The number of benzene rings is 8. The third-order valence-electron chi connectivity index (χ3n) is 21.1. The quantitative estimate of drug-likeness (QED) is 0.00568. The van der Waals surface area contributed by atoms with Gasteiger partial charge in [-0.15, -0.1) is 11.8 Å². The fourth-order valence-electron chi connectivity index (χ4n) is 14.3. The summed E-state index contributed by atoms with van der Waals surface area (Å²) in [7, 11) is 0. The maximum Gasteiger partial charge on any atom is 0.339 e. The Morgan fingerprint density at radius 3 is 1.42 bits per heavy atom. The monoisotopic (exact) mass is 1940 g/mol. The van der Waals surface area contributed by atoms with Gasteiger partial charge in [-0.3, -0.25) is 57.9 Å². The number of nitrogens with one attached hydrogen (secondary N) is 9. The summed E-state index contributed by atoms with van der Waals surface area (Å²) < 4.78 is 117. The fourth-order valence-corrected chi connectivity index (χ4v) is 15.1. The van der Waals surface area contributed by atoms with Gasteiger partial charge in [0.25, 0.3) is 28.8 Å². The number of phenolic OH excluding ortho intramolecular Hbond substituents is 2. The zero-order valence-electron chi connectivity index (χ0n) is 71.2. The van der Waals surface area contributed by atoms with Gasteiger partial charge >= 0.3 is 29.8 Å². The number of rotatable bonds is 37. The highest BCUT2D eigenvalue weighted by Gasteiger charge is 2.36. The third-order valence-corrected chi connectivity index (χ3v) is 22.2.